The molecule has 1 heterocycles. The predicted octanol–water partition coefficient (Wildman–Crippen LogP) is -9.09. The predicted molar refractivity (Wildman–Crippen MR) is 281 cm³/mol. The lowest BCUT2D eigenvalue weighted by molar-refractivity contribution is -0.150. The molecule has 1 aliphatic heterocycles. The summed E-state index contributed by atoms with van der Waals surface area (Å²) in [5.41, 5.74) is 22.0. The molecule has 0 saturated carbocycles. The second kappa shape index (κ2) is 33.9. The van der Waals surface area contributed by atoms with Gasteiger partial charge in [0.15, 0.2) is 5.96 Å². The number of guanidine groups is 1. The van der Waals surface area contributed by atoms with E-state index in [0.717, 1.165) is 25.7 Å². The van der Waals surface area contributed by atoms with Crippen LogP contribution in [-0.4, -0.2) is 222 Å². The molecule has 34 heteroatoms. The fraction of sp³-hybridized carbons (Fsp3) is 0.583. The van der Waals surface area contributed by atoms with Gasteiger partial charge in [-0.05, 0) is 58.4 Å². The fourth-order valence-electron chi connectivity index (χ4n) is 8.05. The number of nitrogens with zero attached hydrogens (tertiary/aromatic N) is 2. The second-order valence-electron chi connectivity index (χ2n) is 19.1. The molecule has 1 aliphatic rings. The fourth-order valence-corrected chi connectivity index (χ4v) is 8.05. The first kappa shape index (κ1) is 69.5. The Balaban J connectivity index is 2.47. The van der Waals surface area contributed by atoms with Crippen LogP contribution >= 0.6 is 0 Å². The van der Waals surface area contributed by atoms with E-state index in [2.05, 4.69) is 47.5 Å². The Hall–Kier alpha value is -8.60. The number of aliphatic hydroxyl groups is 4. The lowest BCUT2D eigenvalue weighted by Gasteiger charge is -2.30. The van der Waals surface area contributed by atoms with Gasteiger partial charge in [0.05, 0.1) is 43.8 Å². The Labute approximate surface area is 468 Å². The summed E-state index contributed by atoms with van der Waals surface area (Å²) in [6, 6.07) is -9.95. The number of hydrogen-bond acceptors (Lipinski definition) is 19. The summed E-state index contributed by atoms with van der Waals surface area (Å²) in [7, 11) is 0. The Morgan fingerprint density at radius 2 is 1.04 bits per heavy atom. The molecule has 0 spiro atoms. The normalized spacial score (nSPS) is 17.3. The number of aliphatic imine (C=N–C) groups is 1. The van der Waals surface area contributed by atoms with Gasteiger partial charge in [-0.25, -0.2) is 4.79 Å². The molecule has 1 aromatic carbocycles. The zero-order valence-electron chi connectivity index (χ0n) is 45.0. The highest BCUT2D eigenvalue weighted by Crippen LogP contribution is 2.20. The zero-order valence-corrected chi connectivity index (χ0v) is 45.0. The topological polar surface area (TPSA) is 579 Å². The van der Waals surface area contributed by atoms with Crippen molar-refractivity contribution in [1.29, 1.82) is 0 Å². The first-order chi connectivity index (χ1) is 38.4. The third-order valence-electron chi connectivity index (χ3n) is 12.3. The lowest BCUT2D eigenvalue weighted by Crippen LogP contribution is -2.64. The SMILES string of the molecule is C[C@@H](O)[C@H](NC(=O)[C@H](CO)NC(=O)[C@@H](N)CC(N)=O)C(=O)N[C@@H](CCCN=C(N)N)C(=O)N[C@@H](Cc1ccccc1)C(=O)N[C@H](C(=O)N[C@H](C(=O)N[C@@H](CCC(=O)O)C(=O)N[C@@H](CC(=O)O)C(=O)N1CCC[C@H]1C(=O)O)[C@@H](C)O)[C@@H](C)O. The number of aliphatic carboxylic acids is 3. The van der Waals surface area contributed by atoms with Crippen LogP contribution in [0.4, 0.5) is 0 Å². The molecule has 13 atom stereocenters. The molecular formula is C48H74N14O20. The molecule has 82 heavy (non-hydrogen) atoms. The summed E-state index contributed by atoms with van der Waals surface area (Å²) >= 11 is 0. The van der Waals surface area contributed by atoms with Crippen molar-refractivity contribution in [2.24, 2.45) is 27.9 Å². The molecule has 1 aromatic rings. The van der Waals surface area contributed by atoms with Crippen molar-refractivity contribution in [3.63, 3.8) is 0 Å². The number of primary amides is 1. The summed E-state index contributed by atoms with van der Waals surface area (Å²) in [6.07, 6.45) is -9.07. The van der Waals surface area contributed by atoms with E-state index in [-0.39, 0.29) is 51.2 Å². The number of carbonyl (C=O) groups is 13. The van der Waals surface area contributed by atoms with Crippen molar-refractivity contribution in [3.05, 3.63) is 35.9 Å². The molecule has 1 saturated heterocycles. The van der Waals surface area contributed by atoms with Gasteiger partial charge in [0.2, 0.25) is 59.1 Å². The summed E-state index contributed by atoms with van der Waals surface area (Å²) in [4.78, 5) is 174. The highest BCUT2D eigenvalue weighted by molar-refractivity contribution is 5.99. The minimum Gasteiger partial charge on any atom is -0.481 e. The van der Waals surface area contributed by atoms with Crippen LogP contribution < -0.4 is 65.5 Å². The first-order valence-corrected chi connectivity index (χ1v) is 25.6. The summed E-state index contributed by atoms with van der Waals surface area (Å²) in [5, 5.41) is 88.4. The Morgan fingerprint density at radius 1 is 0.585 bits per heavy atom. The van der Waals surface area contributed by atoms with Crippen LogP contribution in [0, 0.1) is 0 Å². The van der Waals surface area contributed by atoms with E-state index in [1.807, 2.05) is 0 Å². The molecule has 10 amide bonds. The largest absolute Gasteiger partial charge is 0.481 e. The zero-order chi connectivity index (χ0) is 62.1. The molecule has 0 radical (unpaired) electrons. The van der Waals surface area contributed by atoms with Gasteiger partial charge in [-0.3, -0.25) is 62.5 Å². The molecule has 2 rings (SSSR count). The molecule has 23 N–H and O–H groups in total. The van der Waals surface area contributed by atoms with Gasteiger partial charge in [0.1, 0.15) is 54.4 Å². The maximum atomic E-state index is 14.3. The van der Waals surface area contributed by atoms with Crippen LogP contribution in [0.3, 0.4) is 0 Å². The summed E-state index contributed by atoms with van der Waals surface area (Å²) in [5.74, 6) is -16.7. The standard InChI is InChI=1S/C48H74N14O20/c1-21(64)35(60-42(76)30(20-63)58-38(72)25(49)18-32(50)67)43(77)54-26(11-7-15-53-48(51)52)39(73)56-28(17-24-9-5-4-6-10-24)41(75)59-37(23(3)66)45(79)61-36(22(2)65)44(78)55-27(13-14-33(68)69)40(74)57-29(19-34(70)71)46(80)62-16-8-12-31(62)47(81)82/h4-6,9-10,21-23,25-31,35-37,63-66H,7-8,11-20,49H2,1-3H3,(H2,50,67)(H,54,77)(H,55,78)(H,56,73)(H,57,74)(H,58,72)(H,59,75)(H,60,76)(H,61,79)(H,68,69)(H,70,71)(H,81,82)(H4,51,52,53)/t21-,22-,23-,25+,26+,27+,28+,29+,30+,31+,35+,36+,37+/m1/s1. The number of aliphatic hydroxyl groups excluding tert-OH is 4. The number of carboxylic acids is 3. The summed E-state index contributed by atoms with van der Waals surface area (Å²) in [6.45, 7) is 1.82. The van der Waals surface area contributed by atoms with E-state index in [1.165, 1.54) is 0 Å². The Morgan fingerprint density at radius 3 is 1.50 bits per heavy atom. The van der Waals surface area contributed by atoms with Gasteiger partial charge in [-0.1, -0.05) is 30.3 Å². The maximum Gasteiger partial charge on any atom is 0.326 e. The smallest absolute Gasteiger partial charge is 0.326 e. The van der Waals surface area contributed by atoms with Crippen LogP contribution in [0.1, 0.15) is 77.7 Å². The van der Waals surface area contributed by atoms with Crippen molar-refractivity contribution >= 4 is 82.9 Å². The highest BCUT2D eigenvalue weighted by atomic mass is 16.4. The summed E-state index contributed by atoms with van der Waals surface area (Å²) < 4.78 is 0. The molecule has 0 unspecified atom stereocenters. The van der Waals surface area contributed by atoms with Crippen LogP contribution in [0.2, 0.25) is 0 Å². The molecule has 0 aliphatic carbocycles. The van der Waals surface area contributed by atoms with Crippen LogP contribution in [0.5, 0.6) is 0 Å². The van der Waals surface area contributed by atoms with Crippen molar-refractivity contribution in [2.75, 3.05) is 19.7 Å². The quantitative estimate of drug-likeness (QED) is 0.0170. The number of carboxylic acid groups (broad SMARTS) is 3. The number of nitrogens with two attached hydrogens (primary N) is 4. The van der Waals surface area contributed by atoms with Crippen molar-refractivity contribution < 1.29 is 98.1 Å². The van der Waals surface area contributed by atoms with Crippen molar-refractivity contribution in [3.8, 4) is 0 Å². The van der Waals surface area contributed by atoms with E-state index in [0.29, 0.717) is 5.56 Å². The van der Waals surface area contributed by atoms with Gasteiger partial charge in [-0.2, -0.15) is 0 Å². The third kappa shape index (κ3) is 23.2. The van der Waals surface area contributed by atoms with Gasteiger partial charge in [-0.15, -0.1) is 0 Å². The molecule has 0 aromatic heterocycles. The number of amides is 10. The first-order valence-electron chi connectivity index (χ1n) is 25.6. The average molecular weight is 1170 g/mol. The van der Waals surface area contributed by atoms with Crippen molar-refractivity contribution in [1.82, 2.24) is 47.4 Å². The number of nitrogens with one attached hydrogen (secondary N) is 8. The minimum absolute atomic E-state index is 0.0217. The van der Waals surface area contributed by atoms with Gasteiger partial charge < -0.3 is 106 Å². The average Bonchev–Trinajstić information content (AvgIpc) is 3.91. The van der Waals surface area contributed by atoms with E-state index in [9.17, 15) is 98.1 Å². The van der Waals surface area contributed by atoms with Gasteiger partial charge in [0, 0.05) is 25.9 Å². The minimum atomic E-state index is -2.07. The van der Waals surface area contributed by atoms with E-state index < -0.39 is 188 Å². The van der Waals surface area contributed by atoms with Crippen LogP contribution in [-0.2, 0) is 68.7 Å². The molecule has 456 valence electrons. The highest BCUT2D eigenvalue weighted by Gasteiger charge is 2.41. The third-order valence-corrected chi connectivity index (χ3v) is 12.3. The Bertz CT molecular complexity index is 2480. The molecule has 1 fully saturated rings. The molecule has 34 nitrogen and oxygen atoms in total. The van der Waals surface area contributed by atoms with Gasteiger partial charge in [0.25, 0.3) is 0 Å². The lowest BCUT2D eigenvalue weighted by atomic mass is 10.0. The number of carbonyl (C=O) groups excluding carboxylic acids is 10. The van der Waals surface area contributed by atoms with Crippen LogP contribution in [0.15, 0.2) is 35.3 Å². The number of rotatable bonds is 35. The number of likely N-dealkylation sites (tertiary alicyclic amines) is 1. The van der Waals surface area contributed by atoms with Crippen LogP contribution in [0.25, 0.3) is 0 Å². The van der Waals surface area contributed by atoms with E-state index in [1.54, 1.807) is 30.3 Å². The molecular weight excluding hydrogens is 1090 g/mol. The maximum absolute atomic E-state index is 14.3. The number of benzene rings is 1. The van der Waals surface area contributed by atoms with Gasteiger partial charge >= 0.3 is 17.9 Å². The monoisotopic (exact) mass is 1170 g/mol. The Kier molecular flexibility index (Phi) is 28.7. The van der Waals surface area contributed by atoms with E-state index >= 15 is 0 Å². The molecule has 0 bridgehead atoms. The van der Waals surface area contributed by atoms with E-state index in [4.69, 9.17) is 22.9 Å². The van der Waals surface area contributed by atoms with Crippen molar-refractivity contribution in [2.45, 2.75) is 157 Å². The second-order valence-corrected chi connectivity index (χ2v) is 19.1. The number of hydrogen-bond donors (Lipinski definition) is 19.